The van der Waals surface area contributed by atoms with E-state index in [1.165, 1.54) is 0 Å². The molecule has 1 aliphatic heterocycles. The second kappa shape index (κ2) is 8.50. The molecule has 5 nitrogen and oxygen atoms in total. The van der Waals surface area contributed by atoms with Crippen molar-refractivity contribution in [2.45, 2.75) is 32.8 Å². The van der Waals surface area contributed by atoms with Gasteiger partial charge in [-0.15, -0.1) is 0 Å². The highest BCUT2D eigenvalue weighted by Gasteiger charge is 2.24. The largest absolute Gasteiger partial charge is 0.461 e. The Balaban J connectivity index is 1.61. The number of anilines is 1. The zero-order valence-corrected chi connectivity index (χ0v) is 15.4. The number of hydrogen-bond donors (Lipinski definition) is 0. The van der Waals surface area contributed by atoms with Crippen molar-refractivity contribution in [2.75, 3.05) is 18.0 Å². The summed E-state index contributed by atoms with van der Waals surface area (Å²) >= 11 is 0. The molecule has 0 unspecified atom stereocenters. The molecule has 0 N–H and O–H groups in total. The molecule has 0 radical (unpaired) electrons. The number of ketones is 1. The van der Waals surface area contributed by atoms with E-state index in [4.69, 9.17) is 4.74 Å². The SMILES string of the molecule is CC(=O)Cc1cc(C#N)c2c(c1)CCN2CCC(=O)OCc1ccccc1. The lowest BCUT2D eigenvalue weighted by Gasteiger charge is -2.20. The van der Waals surface area contributed by atoms with Gasteiger partial charge >= 0.3 is 5.97 Å². The van der Waals surface area contributed by atoms with E-state index < -0.39 is 0 Å². The van der Waals surface area contributed by atoms with Crippen molar-refractivity contribution in [3.63, 3.8) is 0 Å². The predicted molar refractivity (Wildman–Crippen MR) is 102 cm³/mol. The second-order valence-electron chi connectivity index (χ2n) is 6.78. The Hall–Kier alpha value is -3.13. The quantitative estimate of drug-likeness (QED) is 0.708. The summed E-state index contributed by atoms with van der Waals surface area (Å²) < 4.78 is 5.33. The summed E-state index contributed by atoms with van der Waals surface area (Å²) in [5, 5.41) is 9.51. The first-order valence-electron chi connectivity index (χ1n) is 9.06. The lowest BCUT2D eigenvalue weighted by molar-refractivity contribution is -0.144. The number of rotatable bonds is 7. The third-order valence-electron chi connectivity index (χ3n) is 4.62. The van der Waals surface area contributed by atoms with Gasteiger partial charge in [-0.05, 0) is 36.1 Å². The van der Waals surface area contributed by atoms with Gasteiger partial charge in [-0.3, -0.25) is 9.59 Å². The first kappa shape index (κ1) is 18.7. The highest BCUT2D eigenvalue weighted by molar-refractivity contribution is 5.79. The molecular formula is C22H22N2O3. The molecule has 1 heterocycles. The van der Waals surface area contributed by atoms with E-state index >= 15 is 0 Å². The molecule has 138 valence electrons. The van der Waals surface area contributed by atoms with Crippen LogP contribution in [0.1, 0.15) is 35.6 Å². The summed E-state index contributed by atoms with van der Waals surface area (Å²) in [4.78, 5) is 25.5. The van der Waals surface area contributed by atoms with Gasteiger partial charge in [0.25, 0.3) is 0 Å². The molecule has 0 aliphatic carbocycles. The van der Waals surface area contributed by atoms with E-state index in [0.29, 0.717) is 18.5 Å². The summed E-state index contributed by atoms with van der Waals surface area (Å²) in [7, 11) is 0. The van der Waals surface area contributed by atoms with Crippen LogP contribution in [0.3, 0.4) is 0 Å². The van der Waals surface area contributed by atoms with Crippen LogP contribution in [0.5, 0.6) is 0 Å². The Morgan fingerprint density at radius 2 is 1.96 bits per heavy atom. The average Bonchev–Trinajstić information content (AvgIpc) is 3.07. The number of nitrogens with zero attached hydrogens (tertiary/aromatic N) is 2. The van der Waals surface area contributed by atoms with Crippen LogP contribution in [0.4, 0.5) is 5.69 Å². The number of benzene rings is 2. The molecule has 27 heavy (non-hydrogen) atoms. The summed E-state index contributed by atoms with van der Waals surface area (Å²) in [5.41, 5.74) is 4.37. The van der Waals surface area contributed by atoms with Gasteiger partial charge in [0.15, 0.2) is 0 Å². The lowest BCUT2D eigenvalue weighted by atomic mass is 10.00. The van der Waals surface area contributed by atoms with Crippen molar-refractivity contribution in [2.24, 2.45) is 0 Å². The third kappa shape index (κ3) is 4.73. The molecule has 2 aromatic rings. The number of nitriles is 1. The Labute approximate surface area is 159 Å². The van der Waals surface area contributed by atoms with E-state index in [1.54, 1.807) is 13.0 Å². The first-order valence-corrected chi connectivity index (χ1v) is 9.06. The molecule has 0 atom stereocenters. The van der Waals surface area contributed by atoms with Crippen LogP contribution in [0.25, 0.3) is 0 Å². The van der Waals surface area contributed by atoms with Gasteiger partial charge < -0.3 is 9.64 Å². The van der Waals surface area contributed by atoms with Crippen LogP contribution in [0.2, 0.25) is 0 Å². The minimum atomic E-state index is -0.251. The molecular weight excluding hydrogens is 340 g/mol. The van der Waals surface area contributed by atoms with Gasteiger partial charge in [0.2, 0.25) is 0 Å². The van der Waals surface area contributed by atoms with E-state index in [9.17, 15) is 14.9 Å². The smallest absolute Gasteiger partial charge is 0.307 e. The highest BCUT2D eigenvalue weighted by atomic mass is 16.5. The van der Waals surface area contributed by atoms with Crippen molar-refractivity contribution in [3.05, 3.63) is 64.7 Å². The number of carbonyl (C=O) groups is 2. The molecule has 0 bridgehead atoms. The minimum absolute atomic E-state index is 0.0786. The fourth-order valence-corrected chi connectivity index (χ4v) is 3.43. The van der Waals surface area contributed by atoms with Crippen molar-refractivity contribution in [1.29, 1.82) is 5.26 Å². The molecule has 0 aromatic heterocycles. The normalized spacial score (nSPS) is 12.4. The molecule has 0 saturated heterocycles. The topological polar surface area (TPSA) is 70.4 Å². The third-order valence-corrected chi connectivity index (χ3v) is 4.62. The van der Waals surface area contributed by atoms with Crippen LogP contribution >= 0.6 is 0 Å². The van der Waals surface area contributed by atoms with Crippen LogP contribution in [-0.4, -0.2) is 24.8 Å². The summed E-state index contributed by atoms with van der Waals surface area (Å²) in [6, 6.07) is 15.6. The zero-order valence-electron chi connectivity index (χ0n) is 15.4. The molecule has 0 saturated carbocycles. The van der Waals surface area contributed by atoms with E-state index in [1.807, 2.05) is 36.4 Å². The summed E-state index contributed by atoms with van der Waals surface area (Å²) in [6.45, 7) is 3.10. The lowest BCUT2D eigenvalue weighted by Crippen LogP contribution is -2.25. The minimum Gasteiger partial charge on any atom is -0.461 e. The Bertz CT molecular complexity index is 884. The van der Waals surface area contributed by atoms with E-state index in [-0.39, 0.29) is 24.8 Å². The standard InChI is InChI=1S/C22H22N2O3/c1-16(25)11-18-12-19-7-9-24(22(19)20(13-18)14-23)10-8-21(26)27-15-17-5-3-2-4-6-17/h2-6,12-13H,7-11,15H2,1H3. The van der Waals surface area contributed by atoms with Crippen molar-refractivity contribution in [3.8, 4) is 6.07 Å². The highest BCUT2D eigenvalue weighted by Crippen LogP contribution is 2.33. The Morgan fingerprint density at radius 1 is 1.19 bits per heavy atom. The maximum atomic E-state index is 12.1. The first-order chi connectivity index (χ1) is 13.1. The molecule has 2 aromatic carbocycles. The monoisotopic (exact) mass is 362 g/mol. The maximum Gasteiger partial charge on any atom is 0.307 e. The summed E-state index contributed by atoms with van der Waals surface area (Å²) in [5.74, 6) is -0.172. The van der Waals surface area contributed by atoms with Crippen molar-refractivity contribution >= 4 is 17.4 Å². The molecule has 0 amide bonds. The fourth-order valence-electron chi connectivity index (χ4n) is 3.43. The number of carbonyl (C=O) groups excluding carboxylic acids is 2. The molecule has 3 rings (SSSR count). The van der Waals surface area contributed by atoms with Gasteiger partial charge in [-0.25, -0.2) is 0 Å². The molecule has 5 heteroatoms. The number of Topliss-reactive ketones (excluding diaryl/α,β-unsaturated/α-hetero) is 1. The zero-order chi connectivity index (χ0) is 19.2. The molecule has 0 spiro atoms. The Morgan fingerprint density at radius 3 is 2.67 bits per heavy atom. The molecule has 0 fully saturated rings. The Kier molecular flexibility index (Phi) is 5.87. The summed E-state index contributed by atoms with van der Waals surface area (Å²) in [6.07, 6.45) is 1.43. The average molecular weight is 362 g/mol. The van der Waals surface area contributed by atoms with Gasteiger partial charge in [0, 0.05) is 19.5 Å². The number of fused-ring (bicyclic) bond motifs is 1. The van der Waals surface area contributed by atoms with Crippen molar-refractivity contribution < 1.29 is 14.3 Å². The van der Waals surface area contributed by atoms with Crippen LogP contribution in [0, 0.1) is 11.3 Å². The maximum absolute atomic E-state index is 12.1. The molecule has 1 aliphatic rings. The number of esters is 1. The van der Waals surface area contributed by atoms with Gasteiger partial charge in [-0.1, -0.05) is 36.4 Å². The van der Waals surface area contributed by atoms with Gasteiger partial charge in [-0.2, -0.15) is 5.26 Å². The second-order valence-corrected chi connectivity index (χ2v) is 6.78. The number of ether oxygens (including phenoxy) is 1. The van der Waals surface area contributed by atoms with E-state index in [0.717, 1.165) is 35.3 Å². The van der Waals surface area contributed by atoms with Gasteiger partial charge in [0.05, 0.1) is 17.7 Å². The van der Waals surface area contributed by atoms with Crippen LogP contribution in [-0.2, 0) is 33.8 Å². The van der Waals surface area contributed by atoms with Crippen molar-refractivity contribution in [1.82, 2.24) is 0 Å². The van der Waals surface area contributed by atoms with E-state index in [2.05, 4.69) is 11.0 Å². The fraction of sp³-hybridized carbons (Fsp3) is 0.318. The predicted octanol–water partition coefficient (Wildman–Crippen LogP) is 3.19. The van der Waals surface area contributed by atoms with Gasteiger partial charge in [0.1, 0.15) is 18.5 Å². The van der Waals surface area contributed by atoms with Crippen LogP contribution < -0.4 is 4.90 Å². The number of hydrogen-bond acceptors (Lipinski definition) is 5. The van der Waals surface area contributed by atoms with Crippen LogP contribution in [0.15, 0.2) is 42.5 Å².